The minimum absolute atomic E-state index is 0.261. The largest absolute Gasteiger partial charge is 0.338 e. The normalized spacial score (nSPS) is 10.8. The van der Waals surface area contributed by atoms with Crippen molar-refractivity contribution in [2.75, 3.05) is 11.9 Å². The molecule has 0 aliphatic heterocycles. The molecule has 0 spiro atoms. The third kappa shape index (κ3) is 4.51. The Morgan fingerprint density at radius 2 is 2.23 bits per heavy atom. The molecule has 0 saturated heterocycles. The Bertz CT molecular complexity index is 657. The number of urea groups is 1. The van der Waals surface area contributed by atoms with Crippen LogP contribution in [0.3, 0.4) is 0 Å². The molecule has 0 aliphatic rings. The number of hydrogen-bond donors (Lipinski definition) is 2. The first-order valence-electron chi connectivity index (χ1n) is 7.14. The highest BCUT2D eigenvalue weighted by molar-refractivity contribution is 9.10. The second kappa shape index (κ2) is 7.69. The first kappa shape index (κ1) is 16.9. The van der Waals surface area contributed by atoms with E-state index in [0.717, 1.165) is 27.2 Å². The van der Waals surface area contributed by atoms with Crippen molar-refractivity contribution in [3.8, 4) is 10.6 Å². The Labute approximate surface area is 142 Å². The lowest BCUT2D eigenvalue weighted by atomic mass is 10.1. The zero-order chi connectivity index (χ0) is 16.1. The van der Waals surface area contributed by atoms with Crippen LogP contribution in [0.2, 0.25) is 0 Å². The van der Waals surface area contributed by atoms with Gasteiger partial charge in [0.15, 0.2) is 0 Å². The van der Waals surface area contributed by atoms with Gasteiger partial charge in [-0.1, -0.05) is 13.8 Å². The smallest absolute Gasteiger partial charge is 0.320 e. The minimum Gasteiger partial charge on any atom is -0.338 e. The second-order valence-electron chi connectivity index (χ2n) is 5.28. The van der Waals surface area contributed by atoms with Crippen LogP contribution >= 0.6 is 27.3 Å². The van der Waals surface area contributed by atoms with Crippen LogP contribution in [0.25, 0.3) is 10.6 Å². The van der Waals surface area contributed by atoms with E-state index in [0.29, 0.717) is 18.3 Å². The fraction of sp³-hybridized carbons (Fsp3) is 0.400. The van der Waals surface area contributed by atoms with Crippen LogP contribution in [0.15, 0.2) is 22.1 Å². The number of halogens is 1. The van der Waals surface area contributed by atoms with Gasteiger partial charge in [-0.05, 0) is 41.3 Å². The monoisotopic (exact) mass is 382 g/mol. The Kier molecular flexibility index (Phi) is 5.90. The Morgan fingerprint density at radius 3 is 2.91 bits per heavy atom. The molecule has 2 aromatic rings. The molecule has 22 heavy (non-hydrogen) atoms. The summed E-state index contributed by atoms with van der Waals surface area (Å²) in [6, 6.07) is 1.57. The zero-order valence-electron chi connectivity index (χ0n) is 12.8. The van der Waals surface area contributed by atoms with E-state index in [4.69, 9.17) is 0 Å². The maximum atomic E-state index is 11.6. The molecule has 7 heteroatoms. The summed E-state index contributed by atoms with van der Waals surface area (Å²) in [6.45, 7) is 6.79. The molecule has 2 heterocycles. The standard InChI is InChI=1S/C15H19BrN4OS/c1-4-17-15(21)20-13-6-11(12(16)7-18-13)14-19-10(8-22-14)5-9(2)3/h6-9H,4-5H2,1-3H3,(H2,17,18,20,21). The lowest BCUT2D eigenvalue weighted by Gasteiger charge is -2.07. The summed E-state index contributed by atoms with van der Waals surface area (Å²) < 4.78 is 0.861. The SMILES string of the molecule is CCNC(=O)Nc1cc(-c2nc(CC(C)C)cs2)c(Br)cn1. The van der Waals surface area contributed by atoms with Gasteiger partial charge in [-0.15, -0.1) is 11.3 Å². The molecule has 0 radical (unpaired) electrons. The van der Waals surface area contributed by atoms with Crippen molar-refractivity contribution in [2.24, 2.45) is 5.92 Å². The average Bonchev–Trinajstić information content (AvgIpc) is 2.88. The number of hydrogen-bond acceptors (Lipinski definition) is 4. The van der Waals surface area contributed by atoms with Gasteiger partial charge in [0.1, 0.15) is 10.8 Å². The molecule has 0 aromatic carbocycles. The maximum absolute atomic E-state index is 11.6. The molecule has 0 saturated carbocycles. The van der Waals surface area contributed by atoms with Gasteiger partial charge in [0.05, 0.1) is 5.69 Å². The quantitative estimate of drug-likeness (QED) is 0.809. The maximum Gasteiger partial charge on any atom is 0.320 e. The number of aromatic nitrogens is 2. The number of carbonyl (C=O) groups is 1. The molecule has 2 amide bonds. The average molecular weight is 383 g/mol. The summed E-state index contributed by atoms with van der Waals surface area (Å²) in [6.07, 6.45) is 2.64. The first-order valence-corrected chi connectivity index (χ1v) is 8.82. The molecule has 0 unspecified atom stereocenters. The van der Waals surface area contributed by atoms with Crippen LogP contribution < -0.4 is 10.6 Å². The van der Waals surface area contributed by atoms with Gasteiger partial charge in [-0.3, -0.25) is 5.32 Å². The van der Waals surface area contributed by atoms with Crippen molar-refractivity contribution in [1.29, 1.82) is 0 Å². The van der Waals surface area contributed by atoms with Gasteiger partial charge < -0.3 is 5.32 Å². The van der Waals surface area contributed by atoms with Crippen molar-refractivity contribution in [3.05, 3.63) is 27.8 Å². The number of thiazole rings is 1. The van der Waals surface area contributed by atoms with E-state index in [2.05, 4.69) is 55.8 Å². The first-order chi connectivity index (χ1) is 10.5. The second-order valence-corrected chi connectivity index (χ2v) is 6.99. The zero-order valence-corrected chi connectivity index (χ0v) is 15.2. The topological polar surface area (TPSA) is 66.9 Å². The highest BCUT2D eigenvalue weighted by atomic mass is 79.9. The molecular weight excluding hydrogens is 364 g/mol. The third-order valence-corrected chi connectivity index (χ3v) is 4.39. The van der Waals surface area contributed by atoms with Crippen LogP contribution in [0.4, 0.5) is 10.6 Å². The molecule has 118 valence electrons. The molecule has 0 aliphatic carbocycles. The number of nitrogens with one attached hydrogen (secondary N) is 2. The molecule has 2 aromatic heterocycles. The third-order valence-electron chi connectivity index (χ3n) is 2.83. The number of anilines is 1. The van der Waals surface area contributed by atoms with Crippen molar-refractivity contribution in [3.63, 3.8) is 0 Å². The number of nitrogens with zero attached hydrogens (tertiary/aromatic N) is 2. The van der Waals surface area contributed by atoms with E-state index < -0.39 is 0 Å². The Balaban J connectivity index is 2.22. The van der Waals surface area contributed by atoms with Crippen molar-refractivity contribution < 1.29 is 4.79 Å². The lowest BCUT2D eigenvalue weighted by molar-refractivity contribution is 0.252. The van der Waals surface area contributed by atoms with Gasteiger partial charge in [-0.25, -0.2) is 14.8 Å². The summed E-state index contributed by atoms with van der Waals surface area (Å²) >= 11 is 5.10. The summed E-state index contributed by atoms with van der Waals surface area (Å²) in [7, 11) is 0. The summed E-state index contributed by atoms with van der Waals surface area (Å²) in [5.74, 6) is 1.08. The molecular formula is C15H19BrN4OS. The van der Waals surface area contributed by atoms with Gasteiger partial charge >= 0.3 is 6.03 Å². The molecule has 0 fully saturated rings. The molecule has 5 nitrogen and oxygen atoms in total. The number of carbonyl (C=O) groups excluding carboxylic acids is 1. The van der Waals surface area contributed by atoms with E-state index in [-0.39, 0.29) is 6.03 Å². The van der Waals surface area contributed by atoms with Crippen LogP contribution in [-0.4, -0.2) is 22.5 Å². The fourth-order valence-electron chi connectivity index (χ4n) is 1.93. The van der Waals surface area contributed by atoms with E-state index in [9.17, 15) is 4.79 Å². The van der Waals surface area contributed by atoms with Crippen LogP contribution in [0.5, 0.6) is 0 Å². The fourth-order valence-corrected chi connectivity index (χ4v) is 3.33. The summed E-state index contributed by atoms with van der Waals surface area (Å²) in [5.41, 5.74) is 2.03. The minimum atomic E-state index is -0.261. The lowest BCUT2D eigenvalue weighted by Crippen LogP contribution is -2.28. The van der Waals surface area contributed by atoms with Crippen molar-refractivity contribution in [2.45, 2.75) is 27.2 Å². The van der Waals surface area contributed by atoms with E-state index in [1.54, 1.807) is 17.5 Å². The number of amides is 2. The predicted molar refractivity (Wildman–Crippen MR) is 94.3 cm³/mol. The van der Waals surface area contributed by atoms with Crippen LogP contribution in [0.1, 0.15) is 26.5 Å². The van der Waals surface area contributed by atoms with Crippen molar-refractivity contribution in [1.82, 2.24) is 15.3 Å². The van der Waals surface area contributed by atoms with E-state index in [1.807, 2.05) is 13.0 Å². The van der Waals surface area contributed by atoms with Gasteiger partial charge in [0.2, 0.25) is 0 Å². The number of pyridine rings is 1. The Hall–Kier alpha value is -1.47. The predicted octanol–water partition coefficient (Wildman–Crippen LogP) is 4.31. The Morgan fingerprint density at radius 1 is 1.45 bits per heavy atom. The summed E-state index contributed by atoms with van der Waals surface area (Å²) in [4.78, 5) is 20.5. The highest BCUT2D eigenvalue weighted by Crippen LogP contribution is 2.32. The van der Waals surface area contributed by atoms with Gasteiger partial charge in [0.25, 0.3) is 0 Å². The van der Waals surface area contributed by atoms with Gasteiger partial charge in [-0.2, -0.15) is 0 Å². The van der Waals surface area contributed by atoms with E-state index >= 15 is 0 Å². The molecule has 0 atom stereocenters. The van der Waals surface area contributed by atoms with Crippen LogP contribution in [-0.2, 0) is 6.42 Å². The number of rotatable bonds is 5. The molecule has 0 bridgehead atoms. The molecule has 2 rings (SSSR count). The highest BCUT2D eigenvalue weighted by Gasteiger charge is 2.12. The van der Waals surface area contributed by atoms with Gasteiger partial charge in [0, 0.05) is 28.2 Å². The van der Waals surface area contributed by atoms with E-state index in [1.165, 1.54) is 0 Å². The van der Waals surface area contributed by atoms with Crippen molar-refractivity contribution >= 4 is 39.1 Å². The summed E-state index contributed by atoms with van der Waals surface area (Å²) in [5, 5.41) is 8.40. The van der Waals surface area contributed by atoms with Crippen LogP contribution in [0, 0.1) is 5.92 Å². The molecule has 2 N–H and O–H groups in total.